The van der Waals surface area contributed by atoms with Crippen LogP contribution < -0.4 is 10.2 Å². The molecule has 0 saturated carbocycles. The number of carbonyl (C=O) groups excluding carboxylic acids is 1. The lowest BCUT2D eigenvalue weighted by Crippen LogP contribution is -2.50. The molecule has 1 N–H and O–H groups in total. The maximum atomic E-state index is 12.1. The van der Waals surface area contributed by atoms with Crippen molar-refractivity contribution < 1.29 is 9.53 Å². The molecule has 2 aliphatic rings. The fraction of sp³-hybridized carbons (Fsp3) is 0.611. The standard InChI is InChI=1S/C18H27N3O2/c1-18(2,3)23-17(22)21-10-8-20(9-11-21)16-5-4-14-6-7-19-13-15(14)12-16/h4-5,12,19H,6-11,13H2,1-3H3. The van der Waals surface area contributed by atoms with E-state index in [0.717, 1.165) is 32.6 Å². The minimum absolute atomic E-state index is 0.202. The Morgan fingerprint density at radius 3 is 2.57 bits per heavy atom. The highest BCUT2D eigenvalue weighted by molar-refractivity contribution is 5.68. The number of hydrogen-bond donors (Lipinski definition) is 1. The summed E-state index contributed by atoms with van der Waals surface area (Å²) in [4.78, 5) is 16.3. The van der Waals surface area contributed by atoms with E-state index in [4.69, 9.17) is 4.74 Å². The normalized spacial score (nSPS) is 18.6. The van der Waals surface area contributed by atoms with Gasteiger partial charge < -0.3 is 19.9 Å². The van der Waals surface area contributed by atoms with Crippen molar-refractivity contribution in [2.75, 3.05) is 37.6 Å². The van der Waals surface area contributed by atoms with Crippen LogP contribution in [-0.2, 0) is 17.7 Å². The van der Waals surface area contributed by atoms with Crippen LogP contribution in [0.1, 0.15) is 31.9 Å². The molecule has 0 bridgehead atoms. The Hall–Kier alpha value is -1.75. The molecule has 0 unspecified atom stereocenters. The molecule has 1 amide bonds. The largest absolute Gasteiger partial charge is 0.444 e. The monoisotopic (exact) mass is 317 g/mol. The Kier molecular flexibility index (Phi) is 4.48. The van der Waals surface area contributed by atoms with E-state index in [-0.39, 0.29) is 6.09 Å². The van der Waals surface area contributed by atoms with Crippen LogP contribution in [0, 0.1) is 0 Å². The Morgan fingerprint density at radius 1 is 1.13 bits per heavy atom. The molecule has 1 fully saturated rings. The molecular formula is C18H27N3O2. The van der Waals surface area contributed by atoms with Crippen molar-refractivity contribution in [1.29, 1.82) is 0 Å². The zero-order valence-electron chi connectivity index (χ0n) is 14.4. The number of amides is 1. The molecule has 126 valence electrons. The van der Waals surface area contributed by atoms with E-state index in [0.29, 0.717) is 13.1 Å². The third-order valence-corrected chi connectivity index (χ3v) is 4.37. The van der Waals surface area contributed by atoms with Crippen LogP contribution in [0.3, 0.4) is 0 Å². The van der Waals surface area contributed by atoms with Crippen molar-refractivity contribution >= 4 is 11.8 Å². The summed E-state index contributed by atoms with van der Waals surface area (Å²) in [5.74, 6) is 0. The molecular weight excluding hydrogens is 290 g/mol. The summed E-state index contributed by atoms with van der Waals surface area (Å²) in [6.45, 7) is 10.9. The van der Waals surface area contributed by atoms with Crippen molar-refractivity contribution in [2.45, 2.75) is 39.3 Å². The van der Waals surface area contributed by atoms with Gasteiger partial charge in [-0.25, -0.2) is 4.79 Å². The third kappa shape index (κ3) is 3.96. The van der Waals surface area contributed by atoms with E-state index in [9.17, 15) is 4.79 Å². The lowest BCUT2D eigenvalue weighted by molar-refractivity contribution is 0.0240. The molecule has 5 nitrogen and oxygen atoms in total. The van der Waals surface area contributed by atoms with E-state index < -0.39 is 5.60 Å². The third-order valence-electron chi connectivity index (χ3n) is 4.37. The van der Waals surface area contributed by atoms with E-state index in [1.807, 2.05) is 25.7 Å². The van der Waals surface area contributed by atoms with Gasteiger partial charge in [0.2, 0.25) is 0 Å². The molecule has 0 aromatic heterocycles. The maximum Gasteiger partial charge on any atom is 0.410 e. The number of benzene rings is 1. The topological polar surface area (TPSA) is 44.8 Å². The Balaban J connectivity index is 1.60. The molecule has 23 heavy (non-hydrogen) atoms. The van der Waals surface area contributed by atoms with Crippen LogP contribution in [0.5, 0.6) is 0 Å². The second-order valence-electron chi connectivity index (χ2n) is 7.33. The zero-order valence-corrected chi connectivity index (χ0v) is 14.4. The number of hydrogen-bond acceptors (Lipinski definition) is 4. The SMILES string of the molecule is CC(C)(C)OC(=O)N1CCN(c2ccc3c(c2)CNCC3)CC1. The first-order valence-corrected chi connectivity index (χ1v) is 8.48. The van der Waals surface area contributed by atoms with Gasteiger partial charge in [0.05, 0.1) is 0 Å². The molecule has 2 aliphatic heterocycles. The van der Waals surface area contributed by atoms with E-state index in [1.54, 1.807) is 0 Å². The number of piperazine rings is 1. The van der Waals surface area contributed by atoms with Crippen molar-refractivity contribution in [3.8, 4) is 0 Å². The molecule has 0 aliphatic carbocycles. The smallest absolute Gasteiger partial charge is 0.410 e. The summed E-state index contributed by atoms with van der Waals surface area (Å²) in [6, 6.07) is 6.77. The molecule has 2 heterocycles. The van der Waals surface area contributed by atoms with E-state index in [2.05, 4.69) is 28.4 Å². The van der Waals surface area contributed by atoms with Gasteiger partial charge in [0.15, 0.2) is 0 Å². The summed E-state index contributed by atoms with van der Waals surface area (Å²) < 4.78 is 5.45. The van der Waals surface area contributed by atoms with Crippen LogP contribution >= 0.6 is 0 Å². The number of nitrogens with zero attached hydrogens (tertiary/aromatic N) is 2. The van der Waals surface area contributed by atoms with Gasteiger partial charge in [-0.2, -0.15) is 0 Å². The highest BCUT2D eigenvalue weighted by Gasteiger charge is 2.26. The van der Waals surface area contributed by atoms with Crippen molar-refractivity contribution in [3.63, 3.8) is 0 Å². The number of rotatable bonds is 1. The predicted molar refractivity (Wildman–Crippen MR) is 91.9 cm³/mol. The summed E-state index contributed by atoms with van der Waals surface area (Å²) in [6.07, 6.45) is 0.911. The number of anilines is 1. The second-order valence-corrected chi connectivity index (χ2v) is 7.33. The van der Waals surface area contributed by atoms with Gasteiger partial charge in [0, 0.05) is 38.4 Å². The molecule has 1 aromatic rings. The fourth-order valence-electron chi connectivity index (χ4n) is 3.14. The van der Waals surface area contributed by atoms with E-state index >= 15 is 0 Å². The van der Waals surface area contributed by atoms with Gasteiger partial charge in [0.25, 0.3) is 0 Å². The van der Waals surface area contributed by atoms with Crippen molar-refractivity contribution in [3.05, 3.63) is 29.3 Å². The van der Waals surface area contributed by atoms with Gasteiger partial charge in [-0.1, -0.05) is 6.07 Å². The van der Waals surface area contributed by atoms with Gasteiger partial charge in [-0.15, -0.1) is 0 Å². The average Bonchev–Trinajstić information content (AvgIpc) is 2.53. The highest BCUT2D eigenvalue weighted by atomic mass is 16.6. The maximum absolute atomic E-state index is 12.1. The summed E-state index contributed by atoms with van der Waals surface area (Å²) >= 11 is 0. The number of fused-ring (bicyclic) bond motifs is 1. The van der Waals surface area contributed by atoms with Crippen LogP contribution in [0.4, 0.5) is 10.5 Å². The number of nitrogens with one attached hydrogen (secondary N) is 1. The van der Waals surface area contributed by atoms with Crippen LogP contribution in [0.25, 0.3) is 0 Å². The Labute approximate surface area is 138 Å². The second kappa shape index (κ2) is 6.40. The van der Waals surface area contributed by atoms with Crippen LogP contribution in [0.15, 0.2) is 18.2 Å². The summed E-state index contributed by atoms with van der Waals surface area (Å²) in [5, 5.41) is 3.43. The van der Waals surface area contributed by atoms with Gasteiger partial charge in [-0.05, 0) is 57.0 Å². The Bertz CT molecular complexity index is 572. The molecule has 1 aromatic carbocycles. The lowest BCUT2D eigenvalue weighted by atomic mass is 10.00. The van der Waals surface area contributed by atoms with Gasteiger partial charge in [-0.3, -0.25) is 0 Å². The average molecular weight is 317 g/mol. The zero-order chi connectivity index (χ0) is 16.4. The molecule has 3 rings (SSSR count). The quantitative estimate of drug-likeness (QED) is 0.864. The fourth-order valence-corrected chi connectivity index (χ4v) is 3.14. The first-order valence-electron chi connectivity index (χ1n) is 8.48. The molecule has 0 radical (unpaired) electrons. The Morgan fingerprint density at radius 2 is 1.87 bits per heavy atom. The first-order chi connectivity index (χ1) is 10.9. The van der Waals surface area contributed by atoms with Crippen molar-refractivity contribution in [2.24, 2.45) is 0 Å². The first kappa shape index (κ1) is 16.1. The van der Waals surface area contributed by atoms with Gasteiger partial charge in [0.1, 0.15) is 5.60 Å². The van der Waals surface area contributed by atoms with Crippen LogP contribution in [0.2, 0.25) is 0 Å². The summed E-state index contributed by atoms with van der Waals surface area (Å²) in [5.41, 5.74) is 3.69. The lowest BCUT2D eigenvalue weighted by Gasteiger charge is -2.37. The molecule has 1 saturated heterocycles. The number of carbonyl (C=O) groups is 1. The summed E-state index contributed by atoms with van der Waals surface area (Å²) in [7, 11) is 0. The van der Waals surface area contributed by atoms with Crippen molar-refractivity contribution in [1.82, 2.24) is 10.2 Å². The molecule has 0 spiro atoms. The highest BCUT2D eigenvalue weighted by Crippen LogP contribution is 2.23. The molecule has 0 atom stereocenters. The predicted octanol–water partition coefficient (Wildman–Crippen LogP) is 2.39. The van der Waals surface area contributed by atoms with Gasteiger partial charge >= 0.3 is 6.09 Å². The van der Waals surface area contributed by atoms with Crippen LogP contribution in [-0.4, -0.2) is 49.3 Å². The number of ether oxygens (including phenoxy) is 1. The van der Waals surface area contributed by atoms with E-state index in [1.165, 1.54) is 16.8 Å². The minimum atomic E-state index is -0.431. The molecule has 5 heteroatoms. The minimum Gasteiger partial charge on any atom is -0.444 e.